The van der Waals surface area contributed by atoms with E-state index in [9.17, 15) is 18.0 Å². The van der Waals surface area contributed by atoms with E-state index in [1.807, 2.05) is 0 Å². The number of halogens is 3. The summed E-state index contributed by atoms with van der Waals surface area (Å²) in [5, 5.41) is 8.88. The number of carboxylic acids is 1. The van der Waals surface area contributed by atoms with Gasteiger partial charge in [0.05, 0.1) is 12.5 Å². The van der Waals surface area contributed by atoms with Gasteiger partial charge in [0, 0.05) is 12.1 Å². The Kier molecular flexibility index (Phi) is 4.08. The number of rotatable bonds is 3. The molecule has 1 atom stereocenters. The number of aryl methyl sites for hydroxylation is 1. The van der Waals surface area contributed by atoms with Crippen molar-refractivity contribution in [1.82, 2.24) is 4.90 Å². The first-order valence-electron chi connectivity index (χ1n) is 6.39. The average molecular weight is 291 g/mol. The number of piperidine rings is 1. The molecule has 1 saturated heterocycles. The second-order valence-corrected chi connectivity index (χ2v) is 5.15. The Bertz CT molecular complexity index is 496. The van der Waals surface area contributed by atoms with Crippen LogP contribution in [0.4, 0.5) is 13.2 Å². The van der Waals surface area contributed by atoms with E-state index in [2.05, 4.69) is 0 Å². The molecule has 1 aliphatic rings. The minimum atomic E-state index is -4.18. The summed E-state index contributed by atoms with van der Waals surface area (Å²) in [7, 11) is 0. The lowest BCUT2D eigenvalue weighted by Crippen LogP contribution is -2.41. The van der Waals surface area contributed by atoms with Crippen LogP contribution in [0, 0.1) is 12.8 Å². The molecule has 0 amide bonds. The van der Waals surface area contributed by atoms with E-state index in [0.717, 1.165) is 0 Å². The van der Waals surface area contributed by atoms with Gasteiger partial charge in [0.25, 0.3) is 0 Å². The van der Waals surface area contributed by atoms with Crippen LogP contribution in [-0.4, -0.2) is 35.2 Å². The fourth-order valence-electron chi connectivity index (χ4n) is 2.53. The highest BCUT2D eigenvalue weighted by Crippen LogP contribution is 2.33. The van der Waals surface area contributed by atoms with Gasteiger partial charge in [-0.25, -0.2) is 4.79 Å². The number of furan rings is 1. The van der Waals surface area contributed by atoms with Gasteiger partial charge in [-0.3, -0.25) is 4.90 Å². The molecule has 1 aromatic heterocycles. The van der Waals surface area contributed by atoms with Gasteiger partial charge in [0.15, 0.2) is 0 Å². The zero-order chi connectivity index (χ0) is 14.9. The number of likely N-dealkylation sites (tertiary alicyclic amines) is 1. The largest absolute Gasteiger partial charge is 0.475 e. The first-order chi connectivity index (χ1) is 9.27. The molecule has 20 heavy (non-hydrogen) atoms. The smallest absolute Gasteiger partial charge is 0.393 e. The number of nitrogens with zero attached hydrogens (tertiary/aromatic N) is 1. The van der Waals surface area contributed by atoms with Gasteiger partial charge in [0.2, 0.25) is 5.76 Å². The number of alkyl halides is 3. The van der Waals surface area contributed by atoms with Gasteiger partial charge in [-0.2, -0.15) is 13.2 Å². The van der Waals surface area contributed by atoms with Crippen molar-refractivity contribution in [2.24, 2.45) is 5.92 Å². The fourth-order valence-corrected chi connectivity index (χ4v) is 2.53. The Balaban J connectivity index is 2.03. The molecule has 0 aromatic carbocycles. The van der Waals surface area contributed by atoms with Crippen molar-refractivity contribution >= 4 is 5.97 Å². The lowest BCUT2D eigenvalue weighted by atomic mass is 9.97. The first kappa shape index (κ1) is 14.9. The van der Waals surface area contributed by atoms with Crippen LogP contribution in [0.1, 0.15) is 34.7 Å². The maximum absolute atomic E-state index is 12.7. The van der Waals surface area contributed by atoms with Crippen LogP contribution in [0.25, 0.3) is 0 Å². The molecule has 1 N–H and O–H groups in total. The van der Waals surface area contributed by atoms with Crippen molar-refractivity contribution in [3.8, 4) is 0 Å². The van der Waals surface area contributed by atoms with Crippen LogP contribution < -0.4 is 0 Å². The maximum atomic E-state index is 12.7. The van der Waals surface area contributed by atoms with Gasteiger partial charge in [-0.1, -0.05) is 0 Å². The molecule has 0 aliphatic carbocycles. The molecule has 1 aliphatic heterocycles. The number of aromatic carboxylic acids is 1. The maximum Gasteiger partial charge on any atom is 0.393 e. The van der Waals surface area contributed by atoms with E-state index in [4.69, 9.17) is 9.52 Å². The molecule has 0 radical (unpaired) electrons. The third kappa shape index (κ3) is 3.33. The van der Waals surface area contributed by atoms with Crippen LogP contribution in [0.15, 0.2) is 10.5 Å². The van der Waals surface area contributed by atoms with Crippen molar-refractivity contribution in [2.45, 2.75) is 32.5 Å². The Hall–Kier alpha value is -1.50. The Morgan fingerprint density at radius 2 is 2.25 bits per heavy atom. The Morgan fingerprint density at radius 3 is 2.80 bits per heavy atom. The molecule has 112 valence electrons. The molecule has 1 unspecified atom stereocenters. The SMILES string of the molecule is Cc1cc(CN2CCCC(C(F)(F)F)C2)oc1C(=O)O. The minimum Gasteiger partial charge on any atom is -0.475 e. The molecule has 0 spiro atoms. The highest BCUT2D eigenvalue weighted by Gasteiger charge is 2.41. The molecule has 0 saturated carbocycles. The minimum absolute atomic E-state index is 0.0638. The molecule has 1 aromatic rings. The third-order valence-corrected chi connectivity index (χ3v) is 3.51. The van der Waals surface area contributed by atoms with E-state index in [-0.39, 0.29) is 25.3 Å². The summed E-state index contributed by atoms with van der Waals surface area (Å²) in [6, 6.07) is 1.57. The predicted molar refractivity (Wildman–Crippen MR) is 64.5 cm³/mol. The summed E-state index contributed by atoms with van der Waals surface area (Å²) in [6.07, 6.45) is -3.54. The van der Waals surface area contributed by atoms with E-state index in [0.29, 0.717) is 24.3 Å². The first-order valence-corrected chi connectivity index (χ1v) is 6.39. The zero-order valence-electron chi connectivity index (χ0n) is 11.0. The normalized spacial score (nSPS) is 21.1. The molecule has 2 heterocycles. The second-order valence-electron chi connectivity index (χ2n) is 5.15. The van der Waals surface area contributed by atoms with Crippen molar-refractivity contribution in [3.63, 3.8) is 0 Å². The van der Waals surface area contributed by atoms with Crippen molar-refractivity contribution in [3.05, 3.63) is 23.2 Å². The highest BCUT2D eigenvalue weighted by atomic mass is 19.4. The summed E-state index contributed by atoms with van der Waals surface area (Å²) >= 11 is 0. The van der Waals surface area contributed by atoms with E-state index < -0.39 is 18.1 Å². The number of hydrogen-bond donors (Lipinski definition) is 1. The lowest BCUT2D eigenvalue weighted by Gasteiger charge is -2.33. The molecular weight excluding hydrogens is 275 g/mol. The number of carbonyl (C=O) groups is 1. The van der Waals surface area contributed by atoms with E-state index in [1.165, 1.54) is 0 Å². The van der Waals surface area contributed by atoms with Crippen molar-refractivity contribution in [2.75, 3.05) is 13.1 Å². The predicted octanol–water partition coefficient (Wildman–Crippen LogP) is 3.06. The van der Waals surface area contributed by atoms with Gasteiger partial charge in [-0.05, 0) is 32.4 Å². The van der Waals surface area contributed by atoms with Gasteiger partial charge < -0.3 is 9.52 Å². The van der Waals surface area contributed by atoms with Crippen LogP contribution in [0.5, 0.6) is 0 Å². The molecule has 1 fully saturated rings. The molecule has 2 rings (SSSR count). The summed E-state index contributed by atoms with van der Waals surface area (Å²) in [6.45, 7) is 2.31. The van der Waals surface area contributed by atoms with Crippen LogP contribution in [0.2, 0.25) is 0 Å². The van der Waals surface area contributed by atoms with Gasteiger partial charge >= 0.3 is 12.1 Å². The standard InChI is InChI=1S/C13H16F3NO3/c1-8-5-10(20-11(8)12(18)19)7-17-4-2-3-9(6-17)13(14,15)16/h5,9H,2-4,6-7H2,1H3,(H,18,19). The summed E-state index contributed by atoms with van der Waals surface area (Å²) < 4.78 is 43.3. The number of carboxylic acid groups (broad SMARTS) is 1. The lowest BCUT2D eigenvalue weighted by molar-refractivity contribution is -0.187. The van der Waals surface area contributed by atoms with Crippen LogP contribution >= 0.6 is 0 Å². The number of hydrogen-bond acceptors (Lipinski definition) is 3. The molecular formula is C13H16F3NO3. The van der Waals surface area contributed by atoms with Crippen molar-refractivity contribution < 1.29 is 27.5 Å². The Labute approximate surface area is 114 Å². The highest BCUT2D eigenvalue weighted by molar-refractivity contribution is 5.86. The van der Waals surface area contributed by atoms with Gasteiger partial charge in [-0.15, -0.1) is 0 Å². The fraction of sp³-hybridized carbons (Fsp3) is 0.615. The Morgan fingerprint density at radius 1 is 1.55 bits per heavy atom. The molecule has 7 heteroatoms. The average Bonchev–Trinajstić information content (AvgIpc) is 2.69. The monoisotopic (exact) mass is 291 g/mol. The summed E-state index contributed by atoms with van der Waals surface area (Å²) in [4.78, 5) is 12.5. The van der Waals surface area contributed by atoms with Crippen LogP contribution in [0.3, 0.4) is 0 Å². The van der Waals surface area contributed by atoms with Crippen LogP contribution in [-0.2, 0) is 6.54 Å². The summed E-state index contributed by atoms with van der Waals surface area (Å²) in [5.41, 5.74) is 0.483. The van der Waals surface area contributed by atoms with E-state index in [1.54, 1.807) is 17.9 Å². The van der Waals surface area contributed by atoms with Crippen molar-refractivity contribution in [1.29, 1.82) is 0 Å². The topological polar surface area (TPSA) is 53.7 Å². The summed E-state index contributed by atoms with van der Waals surface area (Å²) in [5.74, 6) is -2.24. The molecule has 0 bridgehead atoms. The van der Waals surface area contributed by atoms with Gasteiger partial charge in [0.1, 0.15) is 5.76 Å². The molecule has 4 nitrogen and oxygen atoms in total. The zero-order valence-corrected chi connectivity index (χ0v) is 11.0. The van der Waals surface area contributed by atoms with E-state index >= 15 is 0 Å². The quantitative estimate of drug-likeness (QED) is 0.930. The third-order valence-electron chi connectivity index (χ3n) is 3.51. The second kappa shape index (κ2) is 5.47.